The number of hydrogen-bond donors (Lipinski definition) is 0. The van der Waals surface area contributed by atoms with E-state index in [-0.39, 0.29) is 0 Å². The van der Waals surface area contributed by atoms with E-state index < -0.39 is 0 Å². The molecule has 92 valence electrons. The molecule has 0 heterocycles. The van der Waals surface area contributed by atoms with Crippen LogP contribution in [0.2, 0.25) is 0 Å². The summed E-state index contributed by atoms with van der Waals surface area (Å²) in [5.41, 5.74) is 0. The van der Waals surface area contributed by atoms with Crippen LogP contribution < -0.4 is 0 Å². The van der Waals surface area contributed by atoms with Gasteiger partial charge >= 0.3 is 0 Å². The Kier molecular flexibility index (Phi) is 17.8. The topological polar surface area (TPSA) is 0 Å². The zero-order valence-corrected chi connectivity index (χ0v) is 11.1. The molecule has 0 radical (unpaired) electrons. The first-order chi connectivity index (χ1) is 7.76. The Labute approximate surface area is 102 Å². The predicted octanol–water partition coefficient (Wildman–Crippen LogP) is 5.69. The van der Waals surface area contributed by atoms with Gasteiger partial charge in [-0.3, -0.25) is 0 Å². The molecule has 0 spiro atoms. The summed E-state index contributed by atoms with van der Waals surface area (Å²) in [6.07, 6.45) is 15.8. The summed E-state index contributed by atoms with van der Waals surface area (Å²) >= 11 is 0. The van der Waals surface area contributed by atoms with Gasteiger partial charge in [0, 0.05) is 0 Å². The molecule has 0 nitrogen and oxygen atoms in total. The van der Waals surface area contributed by atoms with E-state index in [1.165, 1.54) is 25.7 Å². The van der Waals surface area contributed by atoms with Gasteiger partial charge in [-0.25, -0.2) is 0 Å². The molecule has 0 aliphatic carbocycles. The van der Waals surface area contributed by atoms with E-state index in [9.17, 15) is 0 Å². The first-order valence-corrected chi connectivity index (χ1v) is 6.27. The van der Waals surface area contributed by atoms with Crippen LogP contribution in [-0.2, 0) is 0 Å². The molecule has 1 atom stereocenters. The van der Waals surface area contributed by atoms with Crippen molar-refractivity contribution in [2.45, 2.75) is 46.0 Å². The Hall–Kier alpha value is -1.04. The van der Waals surface area contributed by atoms with Gasteiger partial charge in [-0.2, -0.15) is 0 Å². The summed E-state index contributed by atoms with van der Waals surface area (Å²) in [6, 6.07) is 0. The van der Waals surface area contributed by atoms with Crippen LogP contribution in [0, 0.1) is 5.92 Å². The van der Waals surface area contributed by atoms with Crippen LogP contribution in [0.15, 0.2) is 50.1 Å². The number of hydrogen-bond acceptors (Lipinski definition) is 0. The van der Waals surface area contributed by atoms with Gasteiger partial charge in [0.05, 0.1) is 0 Å². The largest absolute Gasteiger partial charge is 0.103 e. The van der Waals surface area contributed by atoms with E-state index >= 15 is 0 Å². The summed E-state index contributed by atoms with van der Waals surface area (Å²) in [6.45, 7) is 15.3. The molecule has 0 heteroatoms. The molecule has 0 aromatic heterocycles. The second kappa shape index (κ2) is 16.4. The molecule has 0 saturated heterocycles. The summed E-state index contributed by atoms with van der Waals surface area (Å²) in [7, 11) is 0. The number of unbranched alkanes of at least 4 members (excludes halogenated alkanes) is 1. The number of allylic oxidation sites excluding steroid dienone is 5. The molecule has 0 aromatic rings. The Balaban J connectivity index is 0. The Morgan fingerprint density at radius 1 is 1.06 bits per heavy atom. The van der Waals surface area contributed by atoms with Gasteiger partial charge in [-0.05, 0) is 31.6 Å². The fraction of sp³-hybridized carbons (Fsp3) is 0.500. The molecule has 0 bridgehead atoms. The van der Waals surface area contributed by atoms with E-state index in [2.05, 4.69) is 39.7 Å². The fourth-order valence-electron chi connectivity index (χ4n) is 1.18. The van der Waals surface area contributed by atoms with Gasteiger partial charge < -0.3 is 0 Å². The van der Waals surface area contributed by atoms with Crippen LogP contribution in [0.5, 0.6) is 0 Å². The van der Waals surface area contributed by atoms with Gasteiger partial charge in [-0.1, -0.05) is 57.2 Å². The average molecular weight is 220 g/mol. The van der Waals surface area contributed by atoms with Crippen molar-refractivity contribution < 1.29 is 0 Å². The molecule has 0 saturated carbocycles. The van der Waals surface area contributed by atoms with E-state index in [0.717, 1.165) is 6.42 Å². The quantitative estimate of drug-likeness (QED) is 0.364. The second-order valence-corrected chi connectivity index (χ2v) is 3.72. The van der Waals surface area contributed by atoms with E-state index in [1.54, 1.807) is 6.08 Å². The predicted molar refractivity (Wildman–Crippen MR) is 77.7 cm³/mol. The van der Waals surface area contributed by atoms with Crippen LogP contribution in [0.4, 0.5) is 0 Å². The van der Waals surface area contributed by atoms with Crippen molar-refractivity contribution in [3.8, 4) is 0 Å². The zero-order valence-electron chi connectivity index (χ0n) is 11.1. The van der Waals surface area contributed by atoms with E-state index in [0.29, 0.717) is 5.92 Å². The molecule has 0 N–H and O–H groups in total. The first-order valence-electron chi connectivity index (χ1n) is 6.27. The molecule has 0 fully saturated rings. The monoisotopic (exact) mass is 220 g/mol. The van der Waals surface area contributed by atoms with Crippen molar-refractivity contribution in [3.05, 3.63) is 50.1 Å². The maximum absolute atomic E-state index is 3.75. The molecule has 0 aliphatic rings. The third-order valence-corrected chi connectivity index (χ3v) is 2.33. The van der Waals surface area contributed by atoms with Crippen molar-refractivity contribution in [2.24, 2.45) is 5.92 Å². The molecule has 16 heavy (non-hydrogen) atoms. The Morgan fingerprint density at radius 2 is 1.75 bits per heavy atom. The Bertz CT molecular complexity index is 186. The minimum absolute atomic E-state index is 0.697. The smallest absolute Gasteiger partial charge is 0.0236 e. The van der Waals surface area contributed by atoms with Crippen molar-refractivity contribution in [3.63, 3.8) is 0 Å². The summed E-state index contributed by atoms with van der Waals surface area (Å²) in [5, 5.41) is 0. The van der Waals surface area contributed by atoms with E-state index in [4.69, 9.17) is 0 Å². The lowest BCUT2D eigenvalue weighted by Gasteiger charge is -2.05. The van der Waals surface area contributed by atoms with Crippen LogP contribution >= 0.6 is 0 Å². The van der Waals surface area contributed by atoms with Crippen LogP contribution in [0.1, 0.15) is 46.0 Å². The van der Waals surface area contributed by atoms with Crippen LogP contribution in [-0.4, -0.2) is 0 Å². The molecular weight excluding hydrogens is 192 g/mol. The highest BCUT2D eigenvalue weighted by atomic mass is 14.0. The highest BCUT2D eigenvalue weighted by molar-refractivity contribution is 4.96. The second-order valence-electron chi connectivity index (χ2n) is 3.72. The highest BCUT2D eigenvalue weighted by Crippen LogP contribution is 2.11. The van der Waals surface area contributed by atoms with Crippen molar-refractivity contribution >= 4 is 0 Å². The SMILES string of the molecule is C=CC=CCCC.C=CCCC(C=C)CC. The summed E-state index contributed by atoms with van der Waals surface area (Å²) in [5.74, 6) is 0.697. The molecule has 0 aliphatic heterocycles. The van der Waals surface area contributed by atoms with Gasteiger partial charge in [0.15, 0.2) is 0 Å². The molecule has 0 amide bonds. The molecule has 1 unspecified atom stereocenters. The summed E-state index contributed by atoms with van der Waals surface area (Å²) < 4.78 is 0. The third-order valence-electron chi connectivity index (χ3n) is 2.33. The lowest BCUT2D eigenvalue weighted by atomic mass is 10.0. The average Bonchev–Trinajstić information content (AvgIpc) is 2.32. The van der Waals surface area contributed by atoms with Crippen LogP contribution in [0.3, 0.4) is 0 Å². The zero-order chi connectivity index (χ0) is 12.6. The first kappa shape index (κ1) is 17.4. The van der Waals surface area contributed by atoms with Gasteiger partial charge in [-0.15, -0.1) is 13.2 Å². The lowest BCUT2D eigenvalue weighted by Crippen LogP contribution is -1.91. The van der Waals surface area contributed by atoms with Gasteiger partial charge in [0.1, 0.15) is 0 Å². The maximum Gasteiger partial charge on any atom is -0.0236 e. The minimum atomic E-state index is 0.697. The third kappa shape index (κ3) is 15.4. The maximum atomic E-state index is 3.75. The standard InChI is InChI=1S/C9H16.C7H12/c1-4-7-8-9(5-2)6-3;1-3-5-7-6-4-2/h4-5,9H,1-2,6-8H2,3H3;3,5,7H,1,4,6H2,2H3. The molecule has 0 rings (SSSR count). The van der Waals surface area contributed by atoms with Gasteiger partial charge in [0.2, 0.25) is 0 Å². The normalized spacial score (nSPS) is 11.4. The van der Waals surface area contributed by atoms with E-state index in [1.807, 2.05) is 18.2 Å². The Morgan fingerprint density at radius 3 is 2.12 bits per heavy atom. The van der Waals surface area contributed by atoms with Gasteiger partial charge in [0.25, 0.3) is 0 Å². The lowest BCUT2D eigenvalue weighted by molar-refractivity contribution is 0.580. The molecule has 0 aromatic carbocycles. The minimum Gasteiger partial charge on any atom is -0.103 e. The number of rotatable bonds is 8. The fourth-order valence-corrected chi connectivity index (χ4v) is 1.18. The van der Waals surface area contributed by atoms with Crippen molar-refractivity contribution in [1.82, 2.24) is 0 Å². The van der Waals surface area contributed by atoms with Crippen molar-refractivity contribution in [2.75, 3.05) is 0 Å². The summed E-state index contributed by atoms with van der Waals surface area (Å²) in [4.78, 5) is 0. The van der Waals surface area contributed by atoms with Crippen LogP contribution in [0.25, 0.3) is 0 Å². The van der Waals surface area contributed by atoms with Crippen molar-refractivity contribution in [1.29, 1.82) is 0 Å². The molecular formula is C16H28. The highest BCUT2D eigenvalue weighted by Gasteiger charge is 1.96.